The van der Waals surface area contributed by atoms with E-state index < -0.39 is 5.97 Å². The van der Waals surface area contributed by atoms with Gasteiger partial charge in [0, 0.05) is 23.5 Å². The average molecular weight is 308 g/mol. The van der Waals surface area contributed by atoms with Crippen LogP contribution in [0.2, 0.25) is 0 Å². The molecule has 1 atom stereocenters. The van der Waals surface area contributed by atoms with Crippen molar-refractivity contribution in [2.75, 3.05) is 20.1 Å². The summed E-state index contributed by atoms with van der Waals surface area (Å²) in [4.78, 5) is 26.5. The Bertz CT molecular complexity index is 565. The van der Waals surface area contributed by atoms with E-state index in [2.05, 4.69) is 17.3 Å². The van der Waals surface area contributed by atoms with Crippen LogP contribution in [0.5, 0.6) is 0 Å². The van der Waals surface area contributed by atoms with Gasteiger partial charge in [0.05, 0.1) is 4.88 Å². The molecule has 1 aromatic heterocycles. The van der Waals surface area contributed by atoms with Crippen LogP contribution < -0.4 is 5.32 Å². The van der Waals surface area contributed by atoms with Crippen LogP contribution in [-0.4, -0.2) is 48.1 Å². The van der Waals surface area contributed by atoms with Gasteiger partial charge in [-0.1, -0.05) is 0 Å². The number of rotatable bonds is 4. The molecule has 114 valence electrons. The van der Waals surface area contributed by atoms with E-state index in [1.807, 2.05) is 13.0 Å². The fourth-order valence-electron chi connectivity index (χ4n) is 2.46. The van der Waals surface area contributed by atoms with Gasteiger partial charge in [0.1, 0.15) is 0 Å². The number of aryl methyl sites for hydroxylation is 1. The van der Waals surface area contributed by atoms with Crippen molar-refractivity contribution in [3.8, 4) is 0 Å². The second kappa shape index (κ2) is 6.87. The number of piperidine rings is 1. The summed E-state index contributed by atoms with van der Waals surface area (Å²) < 4.78 is 0. The highest BCUT2D eigenvalue weighted by atomic mass is 32.1. The van der Waals surface area contributed by atoms with Gasteiger partial charge in [-0.25, -0.2) is 4.79 Å². The minimum atomic E-state index is -0.987. The first-order valence-electron chi connectivity index (χ1n) is 6.96. The monoisotopic (exact) mass is 308 g/mol. The van der Waals surface area contributed by atoms with Crippen LogP contribution >= 0.6 is 11.3 Å². The van der Waals surface area contributed by atoms with Gasteiger partial charge in [-0.05, 0) is 51.1 Å². The third-order valence-electron chi connectivity index (χ3n) is 3.52. The number of aliphatic carboxylic acids is 1. The molecule has 2 rings (SSSR count). The SMILES string of the molecule is Cc1cc(C(=O)NC2CCCN(C)C2)sc1/C=C/C(=O)O. The second-order valence-electron chi connectivity index (χ2n) is 5.40. The quantitative estimate of drug-likeness (QED) is 0.835. The van der Waals surface area contributed by atoms with Crippen LogP contribution in [0.3, 0.4) is 0 Å². The number of hydrogen-bond acceptors (Lipinski definition) is 4. The van der Waals surface area contributed by atoms with Crippen LogP contribution in [0.15, 0.2) is 12.1 Å². The van der Waals surface area contributed by atoms with Crippen molar-refractivity contribution in [3.05, 3.63) is 27.5 Å². The molecule has 0 aromatic carbocycles. The van der Waals surface area contributed by atoms with Gasteiger partial charge in [0.15, 0.2) is 0 Å². The minimum absolute atomic E-state index is 0.0709. The maximum atomic E-state index is 12.3. The Morgan fingerprint density at radius 1 is 1.52 bits per heavy atom. The number of carbonyl (C=O) groups is 2. The van der Waals surface area contributed by atoms with Crippen LogP contribution in [0.1, 0.15) is 33.0 Å². The lowest BCUT2D eigenvalue weighted by molar-refractivity contribution is -0.131. The number of nitrogens with one attached hydrogen (secondary N) is 1. The molecule has 0 radical (unpaired) electrons. The summed E-state index contributed by atoms with van der Waals surface area (Å²) >= 11 is 1.32. The Morgan fingerprint density at radius 2 is 2.29 bits per heavy atom. The van der Waals surface area contributed by atoms with Gasteiger partial charge in [-0.2, -0.15) is 0 Å². The van der Waals surface area contributed by atoms with E-state index in [1.54, 1.807) is 0 Å². The number of carbonyl (C=O) groups excluding carboxylic acids is 1. The standard InChI is InChI=1S/C15H20N2O3S/c1-10-8-13(21-12(10)5-6-14(18)19)15(20)16-11-4-3-7-17(2)9-11/h5-6,8,11H,3-4,7,9H2,1-2H3,(H,16,20)(H,18,19)/b6-5+. The number of thiophene rings is 1. The van der Waals surface area contributed by atoms with E-state index in [9.17, 15) is 9.59 Å². The minimum Gasteiger partial charge on any atom is -0.478 e. The zero-order chi connectivity index (χ0) is 15.4. The summed E-state index contributed by atoms with van der Waals surface area (Å²) in [6.45, 7) is 3.83. The Morgan fingerprint density at radius 3 is 2.95 bits per heavy atom. The lowest BCUT2D eigenvalue weighted by atomic mass is 10.1. The van der Waals surface area contributed by atoms with Crippen LogP contribution in [0, 0.1) is 6.92 Å². The molecule has 1 unspecified atom stereocenters. The van der Waals surface area contributed by atoms with Gasteiger partial charge >= 0.3 is 5.97 Å². The molecule has 0 saturated carbocycles. The van der Waals surface area contributed by atoms with Gasteiger partial charge in [0.2, 0.25) is 0 Å². The fraction of sp³-hybridized carbons (Fsp3) is 0.467. The van der Waals surface area contributed by atoms with Crippen molar-refractivity contribution in [1.29, 1.82) is 0 Å². The molecule has 0 spiro atoms. The molecule has 6 heteroatoms. The molecule has 1 aliphatic heterocycles. The van der Waals surface area contributed by atoms with E-state index in [1.165, 1.54) is 17.4 Å². The lowest BCUT2D eigenvalue weighted by Gasteiger charge is -2.30. The molecule has 5 nitrogen and oxygen atoms in total. The topological polar surface area (TPSA) is 69.6 Å². The number of carboxylic acid groups (broad SMARTS) is 1. The molecule has 1 aromatic rings. The summed E-state index contributed by atoms with van der Waals surface area (Å²) in [6, 6.07) is 2.00. The van der Waals surface area contributed by atoms with Crippen molar-refractivity contribution in [1.82, 2.24) is 10.2 Å². The predicted octanol–water partition coefficient (Wildman–Crippen LogP) is 1.98. The summed E-state index contributed by atoms with van der Waals surface area (Å²) in [5.41, 5.74) is 0.920. The smallest absolute Gasteiger partial charge is 0.328 e. The zero-order valence-electron chi connectivity index (χ0n) is 12.3. The summed E-state index contributed by atoms with van der Waals surface area (Å²) in [7, 11) is 2.06. The first-order valence-corrected chi connectivity index (χ1v) is 7.78. The van der Waals surface area contributed by atoms with E-state index in [-0.39, 0.29) is 11.9 Å². The van der Waals surface area contributed by atoms with Crippen molar-refractivity contribution in [2.24, 2.45) is 0 Å². The first kappa shape index (κ1) is 15.7. The van der Waals surface area contributed by atoms with Crippen molar-refractivity contribution < 1.29 is 14.7 Å². The molecule has 2 N–H and O–H groups in total. The number of carboxylic acids is 1. The van der Waals surface area contributed by atoms with Gasteiger partial charge < -0.3 is 15.3 Å². The summed E-state index contributed by atoms with van der Waals surface area (Å²) in [5.74, 6) is -1.06. The number of likely N-dealkylation sites (tertiary alicyclic amines) is 1. The Hall–Kier alpha value is -1.66. The van der Waals surface area contributed by atoms with Crippen LogP contribution in [-0.2, 0) is 4.79 Å². The number of likely N-dealkylation sites (N-methyl/N-ethyl adjacent to an activating group) is 1. The summed E-state index contributed by atoms with van der Waals surface area (Å²) in [5, 5.41) is 11.7. The van der Waals surface area contributed by atoms with Crippen molar-refractivity contribution in [2.45, 2.75) is 25.8 Å². The molecular formula is C15H20N2O3S. The third kappa shape index (κ3) is 4.41. The largest absolute Gasteiger partial charge is 0.478 e. The number of amides is 1. The van der Waals surface area contributed by atoms with Gasteiger partial charge in [-0.15, -0.1) is 11.3 Å². The van der Waals surface area contributed by atoms with Crippen molar-refractivity contribution in [3.63, 3.8) is 0 Å². The Kier molecular flexibility index (Phi) is 5.14. The maximum absolute atomic E-state index is 12.3. The normalized spacial score (nSPS) is 19.8. The van der Waals surface area contributed by atoms with E-state index in [0.29, 0.717) is 4.88 Å². The fourth-order valence-corrected chi connectivity index (χ4v) is 3.44. The van der Waals surface area contributed by atoms with Gasteiger partial charge in [-0.3, -0.25) is 4.79 Å². The molecule has 0 bridgehead atoms. The Balaban J connectivity index is 2.02. The molecule has 1 saturated heterocycles. The number of nitrogens with zero attached hydrogens (tertiary/aromatic N) is 1. The van der Waals surface area contributed by atoms with Crippen LogP contribution in [0.4, 0.5) is 0 Å². The highest BCUT2D eigenvalue weighted by molar-refractivity contribution is 7.15. The molecule has 1 fully saturated rings. The van der Waals surface area contributed by atoms with Crippen molar-refractivity contribution >= 4 is 29.3 Å². The van der Waals surface area contributed by atoms with E-state index in [4.69, 9.17) is 5.11 Å². The highest BCUT2D eigenvalue weighted by Gasteiger charge is 2.20. The van der Waals surface area contributed by atoms with Gasteiger partial charge in [0.25, 0.3) is 5.91 Å². The number of hydrogen-bond donors (Lipinski definition) is 2. The first-order chi connectivity index (χ1) is 9.95. The molecule has 2 heterocycles. The molecule has 0 aliphatic carbocycles. The molecule has 1 aliphatic rings. The van der Waals surface area contributed by atoms with Crippen LogP contribution in [0.25, 0.3) is 6.08 Å². The Labute approximate surface area is 128 Å². The second-order valence-corrected chi connectivity index (χ2v) is 6.49. The zero-order valence-corrected chi connectivity index (χ0v) is 13.1. The third-order valence-corrected chi connectivity index (χ3v) is 4.72. The highest BCUT2D eigenvalue weighted by Crippen LogP contribution is 2.23. The van der Waals surface area contributed by atoms with E-state index in [0.717, 1.165) is 42.4 Å². The molecule has 21 heavy (non-hydrogen) atoms. The predicted molar refractivity (Wildman–Crippen MR) is 83.7 cm³/mol. The average Bonchev–Trinajstić information content (AvgIpc) is 2.78. The van der Waals surface area contributed by atoms with E-state index >= 15 is 0 Å². The summed E-state index contributed by atoms with van der Waals surface area (Å²) in [6.07, 6.45) is 4.73. The lowest BCUT2D eigenvalue weighted by Crippen LogP contribution is -2.46. The molecule has 1 amide bonds. The molecular weight excluding hydrogens is 288 g/mol. The maximum Gasteiger partial charge on any atom is 0.328 e.